The molecule has 0 spiro atoms. The van der Waals surface area contributed by atoms with Crippen molar-refractivity contribution in [2.24, 2.45) is 0 Å². The van der Waals surface area contributed by atoms with Crippen molar-refractivity contribution in [1.29, 1.82) is 0 Å². The van der Waals surface area contributed by atoms with Crippen molar-refractivity contribution in [1.82, 2.24) is 20.0 Å². The van der Waals surface area contributed by atoms with Crippen LogP contribution in [0.2, 0.25) is 0 Å². The molecule has 2 amide bonds. The summed E-state index contributed by atoms with van der Waals surface area (Å²) in [5.74, 6) is 0. The molecule has 2 heterocycles. The van der Waals surface area contributed by atoms with Crippen LogP contribution < -0.4 is 5.32 Å². The zero-order valence-electron chi connectivity index (χ0n) is 12.7. The monoisotopic (exact) mass is 280 g/mol. The van der Waals surface area contributed by atoms with E-state index in [1.54, 1.807) is 6.08 Å². The topological polar surface area (TPSA) is 38.8 Å². The minimum absolute atomic E-state index is 0.0610. The Balaban J connectivity index is 1.89. The predicted octanol–water partition coefficient (Wildman–Crippen LogP) is 0.984. The van der Waals surface area contributed by atoms with Crippen LogP contribution in [0, 0.1) is 0 Å². The van der Waals surface area contributed by atoms with Crippen molar-refractivity contribution in [3.05, 3.63) is 12.7 Å². The summed E-state index contributed by atoms with van der Waals surface area (Å²) in [7, 11) is 2.18. The van der Waals surface area contributed by atoms with Gasteiger partial charge in [-0.25, -0.2) is 4.79 Å². The molecule has 0 aliphatic carbocycles. The van der Waals surface area contributed by atoms with E-state index in [4.69, 9.17) is 0 Å². The summed E-state index contributed by atoms with van der Waals surface area (Å²) in [6, 6.07) is 0.589. The fourth-order valence-corrected chi connectivity index (χ4v) is 3.06. The van der Waals surface area contributed by atoms with E-state index in [1.165, 1.54) is 12.8 Å². The summed E-state index contributed by atoms with van der Waals surface area (Å²) in [6.07, 6.45) is 5.29. The first kappa shape index (κ1) is 15.3. The van der Waals surface area contributed by atoms with Gasteiger partial charge < -0.3 is 15.1 Å². The lowest BCUT2D eigenvalue weighted by Crippen LogP contribution is -2.53. The highest BCUT2D eigenvalue weighted by atomic mass is 16.2. The maximum atomic E-state index is 12.1. The average Bonchev–Trinajstić information content (AvgIpc) is 2.71. The van der Waals surface area contributed by atoms with Crippen molar-refractivity contribution in [2.45, 2.75) is 25.3 Å². The van der Waals surface area contributed by atoms with E-state index < -0.39 is 0 Å². The van der Waals surface area contributed by atoms with Gasteiger partial charge in [-0.15, -0.1) is 6.58 Å². The Morgan fingerprint density at radius 2 is 2.00 bits per heavy atom. The zero-order valence-corrected chi connectivity index (χ0v) is 12.7. The standard InChI is InChI=1S/C15H28N4O/c1-3-7-16-15(20)19-8-5-4-6-14(13-19)18-11-9-17(2)10-12-18/h3,14H,1,4-13H2,2H3,(H,16,20)/t14-/m1/s1. The van der Waals surface area contributed by atoms with Crippen LogP contribution >= 0.6 is 0 Å². The number of likely N-dealkylation sites (N-methyl/N-ethyl adjacent to an activating group) is 1. The Morgan fingerprint density at radius 1 is 1.25 bits per heavy atom. The number of likely N-dealkylation sites (tertiary alicyclic amines) is 1. The van der Waals surface area contributed by atoms with Crippen molar-refractivity contribution >= 4 is 6.03 Å². The van der Waals surface area contributed by atoms with E-state index in [0.29, 0.717) is 12.6 Å². The first-order valence-corrected chi connectivity index (χ1v) is 7.77. The Bertz CT molecular complexity index is 326. The minimum atomic E-state index is 0.0610. The van der Waals surface area contributed by atoms with Gasteiger partial charge in [0.15, 0.2) is 0 Å². The van der Waals surface area contributed by atoms with Crippen LogP contribution in [0.15, 0.2) is 12.7 Å². The molecule has 2 aliphatic heterocycles. The normalized spacial score (nSPS) is 26.1. The quantitative estimate of drug-likeness (QED) is 0.784. The molecule has 0 aromatic rings. The van der Waals surface area contributed by atoms with Crippen LogP contribution in [-0.2, 0) is 0 Å². The van der Waals surface area contributed by atoms with E-state index in [9.17, 15) is 4.79 Å². The highest BCUT2D eigenvalue weighted by Gasteiger charge is 2.27. The Labute approximate surface area is 122 Å². The van der Waals surface area contributed by atoms with Gasteiger partial charge in [-0.1, -0.05) is 12.5 Å². The number of carbonyl (C=O) groups excluding carboxylic acids is 1. The lowest BCUT2D eigenvalue weighted by atomic mass is 10.1. The summed E-state index contributed by atoms with van der Waals surface area (Å²) < 4.78 is 0. The van der Waals surface area contributed by atoms with E-state index >= 15 is 0 Å². The van der Waals surface area contributed by atoms with Gasteiger partial charge in [-0.3, -0.25) is 4.90 Å². The number of nitrogens with zero attached hydrogens (tertiary/aromatic N) is 3. The molecule has 20 heavy (non-hydrogen) atoms. The molecule has 5 heteroatoms. The average molecular weight is 280 g/mol. The summed E-state index contributed by atoms with van der Waals surface area (Å²) >= 11 is 0. The molecular weight excluding hydrogens is 252 g/mol. The summed E-state index contributed by atoms with van der Waals surface area (Å²) in [4.78, 5) is 19.1. The van der Waals surface area contributed by atoms with Gasteiger partial charge >= 0.3 is 6.03 Å². The molecule has 2 rings (SSSR count). The molecule has 0 saturated carbocycles. The van der Waals surface area contributed by atoms with Crippen LogP contribution in [0.3, 0.4) is 0 Å². The first-order chi connectivity index (χ1) is 9.70. The highest BCUT2D eigenvalue weighted by molar-refractivity contribution is 5.74. The van der Waals surface area contributed by atoms with Crippen LogP contribution in [0.25, 0.3) is 0 Å². The molecule has 5 nitrogen and oxygen atoms in total. The van der Waals surface area contributed by atoms with Gasteiger partial charge in [0.05, 0.1) is 0 Å². The smallest absolute Gasteiger partial charge is 0.317 e. The van der Waals surface area contributed by atoms with Crippen LogP contribution in [0.1, 0.15) is 19.3 Å². The third kappa shape index (κ3) is 4.21. The van der Waals surface area contributed by atoms with E-state index in [-0.39, 0.29) is 6.03 Å². The summed E-state index contributed by atoms with van der Waals surface area (Å²) in [5.41, 5.74) is 0. The molecule has 114 valence electrons. The number of rotatable bonds is 3. The highest BCUT2D eigenvalue weighted by Crippen LogP contribution is 2.17. The molecular formula is C15H28N4O. The van der Waals surface area contributed by atoms with Crippen molar-refractivity contribution in [3.63, 3.8) is 0 Å². The summed E-state index contributed by atoms with van der Waals surface area (Å²) in [6.45, 7) is 10.5. The Hall–Kier alpha value is -1.07. The fraction of sp³-hybridized carbons (Fsp3) is 0.800. The number of carbonyl (C=O) groups is 1. The van der Waals surface area contributed by atoms with Gasteiger partial charge in [0.1, 0.15) is 0 Å². The van der Waals surface area contributed by atoms with Gasteiger partial charge in [0.25, 0.3) is 0 Å². The number of urea groups is 1. The van der Waals surface area contributed by atoms with Crippen molar-refractivity contribution < 1.29 is 4.79 Å². The molecule has 0 bridgehead atoms. The van der Waals surface area contributed by atoms with Crippen LogP contribution in [0.4, 0.5) is 4.79 Å². The SMILES string of the molecule is C=CCNC(=O)N1CCCC[C@@H](N2CCN(C)CC2)C1. The Morgan fingerprint density at radius 3 is 2.70 bits per heavy atom. The lowest BCUT2D eigenvalue weighted by molar-refractivity contribution is 0.0935. The largest absolute Gasteiger partial charge is 0.335 e. The third-order valence-corrected chi connectivity index (χ3v) is 4.39. The number of amides is 2. The van der Waals surface area contributed by atoms with Gasteiger partial charge in [0, 0.05) is 51.9 Å². The van der Waals surface area contributed by atoms with E-state index in [0.717, 1.165) is 45.7 Å². The zero-order chi connectivity index (χ0) is 14.4. The van der Waals surface area contributed by atoms with E-state index in [2.05, 4.69) is 28.7 Å². The lowest BCUT2D eigenvalue weighted by Gasteiger charge is -2.39. The molecule has 1 N–H and O–H groups in total. The maximum Gasteiger partial charge on any atom is 0.317 e. The molecule has 0 aromatic carbocycles. The Kier molecular flexibility index (Phi) is 5.86. The van der Waals surface area contributed by atoms with Crippen molar-refractivity contribution in [3.8, 4) is 0 Å². The van der Waals surface area contributed by atoms with E-state index in [1.807, 2.05) is 4.90 Å². The molecule has 1 atom stereocenters. The minimum Gasteiger partial charge on any atom is -0.335 e. The number of nitrogens with one attached hydrogen (secondary N) is 1. The molecule has 0 aromatic heterocycles. The maximum absolute atomic E-state index is 12.1. The molecule has 2 saturated heterocycles. The molecule has 0 radical (unpaired) electrons. The number of piperazine rings is 1. The van der Waals surface area contributed by atoms with Crippen LogP contribution in [0.5, 0.6) is 0 Å². The second-order valence-corrected chi connectivity index (χ2v) is 5.91. The van der Waals surface area contributed by atoms with Crippen LogP contribution in [-0.4, -0.2) is 79.6 Å². The third-order valence-electron chi connectivity index (χ3n) is 4.39. The second-order valence-electron chi connectivity index (χ2n) is 5.91. The molecule has 2 fully saturated rings. The van der Waals surface area contributed by atoms with Gasteiger partial charge in [0.2, 0.25) is 0 Å². The van der Waals surface area contributed by atoms with Crippen molar-refractivity contribution in [2.75, 3.05) is 52.9 Å². The van der Waals surface area contributed by atoms with Gasteiger partial charge in [-0.05, 0) is 19.9 Å². The predicted molar refractivity (Wildman–Crippen MR) is 81.9 cm³/mol. The summed E-state index contributed by atoms with van der Waals surface area (Å²) in [5, 5.41) is 2.90. The number of hydrogen-bond donors (Lipinski definition) is 1. The number of hydrogen-bond acceptors (Lipinski definition) is 3. The fourth-order valence-electron chi connectivity index (χ4n) is 3.06. The molecule has 0 unspecified atom stereocenters. The second kappa shape index (κ2) is 7.64. The first-order valence-electron chi connectivity index (χ1n) is 7.77. The van der Waals surface area contributed by atoms with Gasteiger partial charge in [-0.2, -0.15) is 0 Å². The molecule has 2 aliphatic rings.